The van der Waals surface area contributed by atoms with Crippen LogP contribution < -0.4 is 5.73 Å². The van der Waals surface area contributed by atoms with Crippen molar-refractivity contribution in [2.75, 3.05) is 26.7 Å². The van der Waals surface area contributed by atoms with E-state index in [9.17, 15) is 9.59 Å². The van der Waals surface area contributed by atoms with Crippen LogP contribution in [-0.4, -0.2) is 43.5 Å². The molecule has 102 valence electrons. The van der Waals surface area contributed by atoms with Gasteiger partial charge in [0, 0.05) is 6.54 Å². The topological polar surface area (TPSA) is 72.6 Å². The molecular weight excluding hydrogens is 264 g/mol. The van der Waals surface area contributed by atoms with E-state index < -0.39 is 5.97 Å². The summed E-state index contributed by atoms with van der Waals surface area (Å²) >= 11 is 1.29. The third-order valence-corrected chi connectivity index (χ3v) is 3.34. The standard InChI is InChI=1S/C13H16N2O3S/c1-3-15(9-12(16)18-2)13(17)11-7-6-10(19-11)5-4-8-14/h6-7H,3,8-9,14H2,1-2H3. The molecular formula is C13H16N2O3S. The SMILES string of the molecule is CCN(CC(=O)OC)C(=O)c1ccc(C#CCN)s1. The van der Waals surface area contributed by atoms with Gasteiger partial charge in [-0.1, -0.05) is 11.8 Å². The fraction of sp³-hybridized carbons (Fsp3) is 0.385. The zero-order valence-electron chi connectivity index (χ0n) is 10.9. The van der Waals surface area contributed by atoms with Gasteiger partial charge >= 0.3 is 5.97 Å². The fourth-order valence-corrected chi connectivity index (χ4v) is 2.21. The number of amides is 1. The Kier molecular flexibility index (Phi) is 6.06. The molecule has 6 heteroatoms. The smallest absolute Gasteiger partial charge is 0.325 e. The summed E-state index contributed by atoms with van der Waals surface area (Å²) in [7, 11) is 1.30. The van der Waals surface area contributed by atoms with Crippen molar-refractivity contribution in [2.45, 2.75) is 6.92 Å². The number of nitrogens with zero attached hydrogens (tertiary/aromatic N) is 1. The summed E-state index contributed by atoms with van der Waals surface area (Å²) in [6.07, 6.45) is 0. The number of carbonyl (C=O) groups excluding carboxylic acids is 2. The molecule has 0 unspecified atom stereocenters. The molecule has 0 saturated carbocycles. The summed E-state index contributed by atoms with van der Waals surface area (Å²) in [5.41, 5.74) is 5.29. The number of hydrogen-bond acceptors (Lipinski definition) is 5. The van der Waals surface area contributed by atoms with Gasteiger partial charge in [-0.05, 0) is 19.1 Å². The van der Waals surface area contributed by atoms with E-state index in [1.54, 1.807) is 12.1 Å². The third kappa shape index (κ3) is 4.39. The maximum Gasteiger partial charge on any atom is 0.325 e. The minimum absolute atomic E-state index is 0.0481. The molecule has 1 rings (SSSR count). The van der Waals surface area contributed by atoms with Gasteiger partial charge in [-0.25, -0.2) is 0 Å². The van der Waals surface area contributed by atoms with Crippen molar-refractivity contribution in [3.05, 3.63) is 21.9 Å². The largest absolute Gasteiger partial charge is 0.468 e. The summed E-state index contributed by atoms with van der Waals surface area (Å²) in [6.45, 7) is 2.48. The summed E-state index contributed by atoms with van der Waals surface area (Å²) in [5, 5.41) is 0. The average Bonchev–Trinajstić information content (AvgIpc) is 2.90. The lowest BCUT2D eigenvalue weighted by atomic mass is 10.3. The Morgan fingerprint density at radius 2 is 2.21 bits per heavy atom. The number of ether oxygens (including phenoxy) is 1. The van der Waals surface area contributed by atoms with E-state index in [1.807, 2.05) is 6.92 Å². The number of thiophene rings is 1. The highest BCUT2D eigenvalue weighted by Crippen LogP contribution is 2.17. The molecule has 0 aliphatic rings. The van der Waals surface area contributed by atoms with Crippen LogP contribution in [0.4, 0.5) is 0 Å². The highest BCUT2D eigenvalue weighted by Gasteiger charge is 2.19. The van der Waals surface area contributed by atoms with Crippen LogP contribution in [-0.2, 0) is 9.53 Å². The Bertz CT molecular complexity index is 513. The molecule has 1 aromatic rings. The lowest BCUT2D eigenvalue weighted by molar-refractivity contribution is -0.141. The van der Waals surface area contributed by atoms with Crippen LogP contribution >= 0.6 is 11.3 Å². The number of esters is 1. The van der Waals surface area contributed by atoms with E-state index in [-0.39, 0.29) is 19.0 Å². The van der Waals surface area contributed by atoms with Gasteiger partial charge in [0.25, 0.3) is 5.91 Å². The van der Waals surface area contributed by atoms with Crippen LogP contribution in [0.1, 0.15) is 21.5 Å². The molecule has 0 saturated heterocycles. The molecule has 0 atom stereocenters. The zero-order chi connectivity index (χ0) is 14.3. The van der Waals surface area contributed by atoms with Gasteiger partial charge in [0.05, 0.1) is 23.4 Å². The van der Waals surface area contributed by atoms with Crippen LogP contribution in [0.2, 0.25) is 0 Å². The molecule has 1 aromatic heterocycles. The average molecular weight is 280 g/mol. The van der Waals surface area contributed by atoms with Gasteiger partial charge in [-0.3, -0.25) is 9.59 Å². The van der Waals surface area contributed by atoms with Gasteiger partial charge in [-0.2, -0.15) is 0 Å². The van der Waals surface area contributed by atoms with E-state index in [0.29, 0.717) is 11.4 Å². The minimum atomic E-state index is -0.435. The molecule has 0 spiro atoms. The van der Waals surface area contributed by atoms with E-state index in [1.165, 1.54) is 23.3 Å². The molecule has 0 aliphatic heterocycles. The highest BCUT2D eigenvalue weighted by molar-refractivity contribution is 7.14. The van der Waals surface area contributed by atoms with Crippen molar-refractivity contribution in [3.8, 4) is 11.8 Å². The second kappa shape index (κ2) is 7.56. The van der Waals surface area contributed by atoms with Gasteiger partial charge in [0.15, 0.2) is 0 Å². The molecule has 2 N–H and O–H groups in total. The molecule has 0 aliphatic carbocycles. The number of methoxy groups -OCH3 is 1. The number of rotatable bonds is 4. The number of carbonyl (C=O) groups is 2. The Hall–Kier alpha value is -1.84. The Labute approximate surface area is 116 Å². The van der Waals surface area contributed by atoms with Crippen LogP contribution in [0, 0.1) is 11.8 Å². The predicted molar refractivity (Wildman–Crippen MR) is 73.8 cm³/mol. The molecule has 5 nitrogen and oxygen atoms in total. The maximum atomic E-state index is 12.2. The molecule has 0 radical (unpaired) electrons. The first-order valence-electron chi connectivity index (χ1n) is 5.77. The number of nitrogens with two attached hydrogens (primary N) is 1. The molecule has 19 heavy (non-hydrogen) atoms. The summed E-state index contributed by atoms with van der Waals surface area (Å²) < 4.78 is 4.56. The highest BCUT2D eigenvalue weighted by atomic mass is 32.1. The number of likely N-dealkylation sites (N-methyl/N-ethyl adjacent to an activating group) is 1. The lowest BCUT2D eigenvalue weighted by Gasteiger charge is -2.18. The molecule has 0 fully saturated rings. The molecule has 1 amide bonds. The second-order valence-electron chi connectivity index (χ2n) is 3.57. The van der Waals surface area contributed by atoms with Gasteiger partial charge in [0.1, 0.15) is 6.54 Å². The molecule has 0 aromatic carbocycles. The van der Waals surface area contributed by atoms with Crippen molar-refractivity contribution in [2.24, 2.45) is 5.73 Å². The number of hydrogen-bond donors (Lipinski definition) is 1. The van der Waals surface area contributed by atoms with E-state index in [2.05, 4.69) is 16.6 Å². The van der Waals surface area contributed by atoms with E-state index in [4.69, 9.17) is 5.73 Å². The second-order valence-corrected chi connectivity index (χ2v) is 4.65. The third-order valence-electron chi connectivity index (χ3n) is 2.35. The first-order valence-corrected chi connectivity index (χ1v) is 6.58. The minimum Gasteiger partial charge on any atom is -0.468 e. The van der Waals surface area contributed by atoms with Crippen LogP contribution in [0.25, 0.3) is 0 Å². The Morgan fingerprint density at radius 3 is 2.79 bits per heavy atom. The van der Waals surface area contributed by atoms with Crippen molar-refractivity contribution in [1.29, 1.82) is 0 Å². The van der Waals surface area contributed by atoms with Gasteiger partial charge in [0.2, 0.25) is 0 Å². The van der Waals surface area contributed by atoms with Crippen LogP contribution in [0.5, 0.6) is 0 Å². The van der Waals surface area contributed by atoms with Crippen LogP contribution in [0.15, 0.2) is 12.1 Å². The first kappa shape index (κ1) is 15.2. The first-order chi connectivity index (χ1) is 9.12. The lowest BCUT2D eigenvalue weighted by Crippen LogP contribution is -2.35. The van der Waals surface area contributed by atoms with Crippen molar-refractivity contribution < 1.29 is 14.3 Å². The van der Waals surface area contributed by atoms with Gasteiger partial charge < -0.3 is 15.4 Å². The molecule has 0 bridgehead atoms. The zero-order valence-corrected chi connectivity index (χ0v) is 11.8. The van der Waals surface area contributed by atoms with Crippen LogP contribution in [0.3, 0.4) is 0 Å². The monoisotopic (exact) mass is 280 g/mol. The quantitative estimate of drug-likeness (QED) is 0.650. The normalized spacial score (nSPS) is 9.42. The maximum absolute atomic E-state index is 12.2. The van der Waals surface area contributed by atoms with E-state index >= 15 is 0 Å². The Morgan fingerprint density at radius 1 is 1.47 bits per heavy atom. The van der Waals surface area contributed by atoms with E-state index in [0.717, 1.165) is 4.88 Å². The Balaban J connectivity index is 2.80. The van der Waals surface area contributed by atoms with Crippen molar-refractivity contribution in [3.63, 3.8) is 0 Å². The van der Waals surface area contributed by atoms with Gasteiger partial charge in [-0.15, -0.1) is 11.3 Å². The predicted octanol–water partition coefficient (Wildman–Crippen LogP) is 0.693. The summed E-state index contributed by atoms with van der Waals surface area (Å²) in [6, 6.07) is 3.47. The van der Waals surface area contributed by atoms with Crippen molar-refractivity contribution >= 4 is 23.2 Å². The summed E-state index contributed by atoms with van der Waals surface area (Å²) in [5.74, 6) is 4.97. The molecule has 1 heterocycles. The summed E-state index contributed by atoms with van der Waals surface area (Å²) in [4.78, 5) is 26.1. The van der Waals surface area contributed by atoms with Crippen molar-refractivity contribution in [1.82, 2.24) is 4.90 Å². The fourth-order valence-electron chi connectivity index (χ4n) is 1.36.